The topological polar surface area (TPSA) is 79.3 Å². The first-order valence-corrected chi connectivity index (χ1v) is 13.5. The Morgan fingerprint density at radius 3 is 2.38 bits per heavy atom. The van der Waals surface area contributed by atoms with Gasteiger partial charge < -0.3 is 15.5 Å². The highest BCUT2D eigenvalue weighted by Crippen LogP contribution is 2.27. The van der Waals surface area contributed by atoms with Gasteiger partial charge in [0, 0.05) is 23.9 Å². The average Bonchev–Trinajstić information content (AvgIpc) is 3.32. The molecule has 0 aliphatic carbocycles. The molecule has 1 aromatic heterocycles. The van der Waals surface area contributed by atoms with Crippen molar-refractivity contribution in [2.24, 2.45) is 0 Å². The van der Waals surface area contributed by atoms with Crippen LogP contribution in [0.2, 0.25) is 10.0 Å². The number of unbranched alkanes of at least 4 members (excludes halogenated alkanes) is 1. The highest BCUT2D eigenvalue weighted by atomic mass is 35.5. The third-order valence-corrected chi connectivity index (χ3v) is 6.94. The van der Waals surface area contributed by atoms with Crippen LogP contribution in [0.15, 0.2) is 72.8 Å². The number of anilines is 2. The number of urea groups is 1. The molecule has 0 aliphatic heterocycles. The molecule has 0 unspecified atom stereocenters. The first kappa shape index (κ1) is 28.2. The highest BCUT2D eigenvalue weighted by molar-refractivity contribution is 6.42. The summed E-state index contributed by atoms with van der Waals surface area (Å²) in [5.41, 5.74) is 5.18. The molecule has 0 bridgehead atoms. The monoisotopic (exact) mass is 563 g/mol. The second kappa shape index (κ2) is 12.8. The Bertz CT molecular complexity index is 1470. The van der Waals surface area contributed by atoms with Crippen molar-refractivity contribution in [1.82, 2.24) is 14.7 Å². The van der Waals surface area contributed by atoms with Gasteiger partial charge in [0.05, 0.1) is 21.4 Å². The Hall–Kier alpha value is -3.81. The zero-order valence-electron chi connectivity index (χ0n) is 22.2. The van der Waals surface area contributed by atoms with Gasteiger partial charge in [0.1, 0.15) is 12.4 Å². The van der Waals surface area contributed by atoms with E-state index >= 15 is 0 Å². The van der Waals surface area contributed by atoms with Gasteiger partial charge in [0.2, 0.25) is 5.91 Å². The Balaban J connectivity index is 1.58. The highest BCUT2D eigenvalue weighted by Gasteiger charge is 2.20. The van der Waals surface area contributed by atoms with E-state index in [4.69, 9.17) is 28.3 Å². The average molecular weight is 565 g/mol. The van der Waals surface area contributed by atoms with Gasteiger partial charge in [-0.3, -0.25) is 4.79 Å². The standard InChI is InChI=1S/C30H31Cl2N5O2/c1-4-5-15-36(30(39)33-23-12-13-24(31)25(32)17-23)19-29(38)34-28-18-26(22-9-7-6-8-10-22)35-37(28)27-14-11-20(2)16-21(27)3/h6-14,16-18H,4-5,15,19H2,1-3H3,(H,33,39)(H,34,38). The molecule has 9 heteroatoms. The summed E-state index contributed by atoms with van der Waals surface area (Å²) in [4.78, 5) is 27.9. The van der Waals surface area contributed by atoms with E-state index < -0.39 is 6.03 Å². The van der Waals surface area contributed by atoms with E-state index in [-0.39, 0.29) is 12.5 Å². The van der Waals surface area contributed by atoms with E-state index in [0.29, 0.717) is 28.1 Å². The van der Waals surface area contributed by atoms with Crippen LogP contribution in [-0.2, 0) is 4.79 Å². The molecule has 4 rings (SSSR count). The first-order valence-electron chi connectivity index (χ1n) is 12.8. The molecule has 0 atom stereocenters. The van der Waals surface area contributed by atoms with Crippen molar-refractivity contribution in [3.05, 3.63) is 94.0 Å². The normalized spacial score (nSPS) is 10.8. The molecule has 7 nitrogen and oxygen atoms in total. The van der Waals surface area contributed by atoms with Crippen LogP contribution in [0.4, 0.5) is 16.3 Å². The van der Waals surface area contributed by atoms with Crippen molar-refractivity contribution in [1.29, 1.82) is 0 Å². The molecule has 3 aromatic carbocycles. The minimum atomic E-state index is -0.398. The number of amides is 3. The van der Waals surface area contributed by atoms with E-state index in [1.54, 1.807) is 22.9 Å². The zero-order valence-corrected chi connectivity index (χ0v) is 23.7. The summed E-state index contributed by atoms with van der Waals surface area (Å²) in [5, 5.41) is 11.3. The fourth-order valence-electron chi connectivity index (χ4n) is 4.18. The van der Waals surface area contributed by atoms with Crippen LogP contribution in [0.1, 0.15) is 30.9 Å². The van der Waals surface area contributed by atoms with Gasteiger partial charge in [0.15, 0.2) is 0 Å². The number of hydrogen-bond acceptors (Lipinski definition) is 3. The maximum atomic E-state index is 13.3. The molecule has 0 saturated heterocycles. The van der Waals surface area contributed by atoms with Crippen molar-refractivity contribution in [3.8, 4) is 16.9 Å². The molecule has 0 fully saturated rings. The summed E-state index contributed by atoms with van der Waals surface area (Å²) in [6.45, 7) is 6.36. The molecule has 0 radical (unpaired) electrons. The van der Waals surface area contributed by atoms with E-state index in [0.717, 1.165) is 40.9 Å². The number of rotatable bonds is 9. The van der Waals surface area contributed by atoms with Crippen LogP contribution in [0.5, 0.6) is 0 Å². The lowest BCUT2D eigenvalue weighted by Gasteiger charge is -2.23. The molecule has 3 amide bonds. The summed E-state index contributed by atoms with van der Waals surface area (Å²) in [7, 11) is 0. The van der Waals surface area contributed by atoms with Gasteiger partial charge in [-0.15, -0.1) is 0 Å². The SMILES string of the molecule is CCCCN(CC(=O)Nc1cc(-c2ccccc2)nn1-c1ccc(C)cc1C)C(=O)Nc1ccc(Cl)c(Cl)c1. The smallest absolute Gasteiger partial charge is 0.315 e. The van der Waals surface area contributed by atoms with E-state index in [1.165, 1.54) is 4.90 Å². The molecule has 4 aromatic rings. The minimum absolute atomic E-state index is 0.133. The summed E-state index contributed by atoms with van der Waals surface area (Å²) in [6, 6.07) is 22.2. The molecule has 2 N–H and O–H groups in total. The van der Waals surface area contributed by atoms with E-state index in [9.17, 15) is 9.59 Å². The van der Waals surface area contributed by atoms with Crippen molar-refractivity contribution in [2.45, 2.75) is 33.6 Å². The summed E-state index contributed by atoms with van der Waals surface area (Å²) >= 11 is 12.1. The largest absolute Gasteiger partial charge is 0.322 e. The predicted molar refractivity (Wildman–Crippen MR) is 159 cm³/mol. The Morgan fingerprint density at radius 1 is 0.923 bits per heavy atom. The van der Waals surface area contributed by atoms with Crippen molar-refractivity contribution >= 4 is 46.6 Å². The fraction of sp³-hybridized carbons (Fsp3) is 0.233. The molecule has 0 saturated carbocycles. The molecular formula is C30H31Cl2N5O2. The van der Waals surface area contributed by atoms with Crippen LogP contribution in [0, 0.1) is 13.8 Å². The number of hydrogen-bond donors (Lipinski definition) is 2. The number of aromatic nitrogens is 2. The minimum Gasteiger partial charge on any atom is -0.315 e. The maximum absolute atomic E-state index is 13.3. The Morgan fingerprint density at radius 2 is 1.69 bits per heavy atom. The van der Waals surface area contributed by atoms with Gasteiger partial charge in [-0.1, -0.05) is 84.6 Å². The maximum Gasteiger partial charge on any atom is 0.322 e. The quantitative estimate of drug-likeness (QED) is 0.218. The lowest BCUT2D eigenvalue weighted by Crippen LogP contribution is -2.41. The number of carbonyl (C=O) groups excluding carboxylic acids is 2. The number of benzene rings is 3. The van der Waals surface area contributed by atoms with Crippen molar-refractivity contribution in [2.75, 3.05) is 23.7 Å². The predicted octanol–water partition coefficient (Wildman–Crippen LogP) is 7.74. The molecule has 39 heavy (non-hydrogen) atoms. The summed E-state index contributed by atoms with van der Waals surface area (Å²) in [5.74, 6) is 0.187. The Labute approximate surface area is 238 Å². The molecule has 0 spiro atoms. The van der Waals surface area contributed by atoms with Crippen LogP contribution < -0.4 is 10.6 Å². The van der Waals surface area contributed by atoms with Crippen LogP contribution in [0.3, 0.4) is 0 Å². The number of nitrogens with zero attached hydrogens (tertiary/aromatic N) is 3. The second-order valence-corrected chi connectivity index (χ2v) is 10.2. The number of nitrogens with one attached hydrogen (secondary N) is 2. The summed E-state index contributed by atoms with van der Waals surface area (Å²) < 4.78 is 1.74. The van der Waals surface area contributed by atoms with Gasteiger partial charge >= 0.3 is 6.03 Å². The number of halogens is 2. The van der Waals surface area contributed by atoms with Gasteiger partial charge in [0.25, 0.3) is 0 Å². The number of carbonyl (C=O) groups is 2. The lowest BCUT2D eigenvalue weighted by atomic mass is 10.1. The Kier molecular flexibility index (Phi) is 9.28. The van der Waals surface area contributed by atoms with Crippen molar-refractivity contribution in [3.63, 3.8) is 0 Å². The molecule has 0 aliphatic rings. The van der Waals surface area contributed by atoms with Gasteiger partial charge in [-0.25, -0.2) is 9.48 Å². The van der Waals surface area contributed by atoms with Gasteiger partial charge in [-0.2, -0.15) is 5.10 Å². The van der Waals surface area contributed by atoms with E-state index in [2.05, 4.69) is 16.7 Å². The van der Waals surface area contributed by atoms with Crippen LogP contribution in [-0.4, -0.2) is 39.7 Å². The fourth-order valence-corrected chi connectivity index (χ4v) is 4.48. The summed E-state index contributed by atoms with van der Waals surface area (Å²) in [6.07, 6.45) is 1.62. The molecular weight excluding hydrogens is 533 g/mol. The first-order chi connectivity index (χ1) is 18.7. The second-order valence-electron chi connectivity index (χ2n) is 9.36. The van der Waals surface area contributed by atoms with E-state index in [1.807, 2.05) is 69.3 Å². The third-order valence-electron chi connectivity index (χ3n) is 6.20. The van der Waals surface area contributed by atoms with Crippen LogP contribution >= 0.6 is 23.2 Å². The lowest BCUT2D eigenvalue weighted by molar-refractivity contribution is -0.116. The molecule has 202 valence electrons. The zero-order chi connectivity index (χ0) is 27.9. The molecule has 1 heterocycles. The van der Waals surface area contributed by atoms with Gasteiger partial charge in [-0.05, 0) is 50.1 Å². The third kappa shape index (κ3) is 7.19. The number of aryl methyl sites for hydroxylation is 2. The van der Waals surface area contributed by atoms with Crippen LogP contribution in [0.25, 0.3) is 16.9 Å². The van der Waals surface area contributed by atoms with Crippen molar-refractivity contribution < 1.29 is 9.59 Å².